The third-order valence-corrected chi connectivity index (χ3v) is 15.5. The number of nitrogens with two attached hydrogens (primary N) is 1. The molecule has 0 saturated carbocycles. The summed E-state index contributed by atoms with van der Waals surface area (Å²) in [5.74, 6) is -4.77. The number of hydrogen-bond donors (Lipinski definition) is 5. The number of amides is 4. The normalized spacial score (nSPS) is 11.8. The molecule has 12 rings (SSSR count). The van der Waals surface area contributed by atoms with Gasteiger partial charge in [0.2, 0.25) is 0 Å². The second-order valence-corrected chi connectivity index (χ2v) is 23.6. The van der Waals surface area contributed by atoms with Crippen molar-refractivity contribution in [2.45, 2.75) is 84.5 Å². The monoisotopic (exact) mass is 1420 g/mol. The summed E-state index contributed by atoms with van der Waals surface area (Å²) in [7, 11) is 0. The molecular weight excluding hydrogens is 1350 g/mol. The van der Waals surface area contributed by atoms with E-state index in [2.05, 4.69) is 40.9 Å². The van der Waals surface area contributed by atoms with Crippen molar-refractivity contribution < 1.29 is 51.3 Å². The number of anilines is 3. The standard InChI is InChI=1S/C22H18FN7O.C22H24FN3O6.C17H16FN3O.C13H9FN2O3/c1-2-15(28-20-18-19(25-11-24-18)26-12-27-20)21-29-16-10-6-9-14(23)17(16)22(31)30(21)13-7-4-3-5-8-13;1-5-16(24-21(29)32-22(2,3)4)19(27)25(14-10-7-6-8-11-14)20(28)18-15(23)12-9-13-17(18)26(30)31;1-2-13(19)16-20-14-10-6-9-12(18)15(14)17(22)21(16)11-7-4-3-5-8-11;14-10-7-4-8-11(16(18)19)12(10)13(17)15-9-5-2-1-3-6-9/h3-12,15H,2H2,1H3,(H2,24,25,26,27,28);6-13,16H,5H2,1-4H3,(H,24,29);3-10,13H,2,19H2,1H3;1-8H,(H,15,17)/t15-;16-;13-;/m000./s1. The quantitative estimate of drug-likeness (QED) is 0.0321. The van der Waals surface area contributed by atoms with Crippen molar-refractivity contribution in [1.29, 1.82) is 0 Å². The van der Waals surface area contributed by atoms with Gasteiger partial charge in [0.15, 0.2) is 22.6 Å². The highest BCUT2D eigenvalue weighted by Gasteiger charge is 2.37. The summed E-state index contributed by atoms with van der Waals surface area (Å²) in [6.07, 6.45) is 3.39. The fourth-order valence-electron chi connectivity index (χ4n) is 10.6. The topological polar surface area (TPSA) is 353 Å². The highest BCUT2D eigenvalue weighted by Crippen LogP contribution is 2.30. The van der Waals surface area contributed by atoms with Gasteiger partial charge >= 0.3 is 6.09 Å². The van der Waals surface area contributed by atoms with Crippen molar-refractivity contribution >= 4 is 85.4 Å². The molecule has 0 spiro atoms. The van der Waals surface area contributed by atoms with E-state index >= 15 is 0 Å². The summed E-state index contributed by atoms with van der Waals surface area (Å²) < 4.78 is 64.8. The van der Waals surface area contributed by atoms with Crippen LogP contribution < -0.4 is 37.7 Å². The molecule has 6 N–H and O–H groups in total. The molecule has 0 radical (unpaired) electrons. The predicted octanol–water partition coefficient (Wildman–Crippen LogP) is 13.9. The minimum absolute atomic E-state index is 0.0154. The average molecular weight is 1420 g/mol. The number of aromatic nitrogens is 8. The van der Waals surface area contributed by atoms with Crippen LogP contribution in [0.15, 0.2) is 216 Å². The number of H-pyrrole nitrogens is 1. The maximum atomic E-state index is 14.5. The average Bonchev–Trinajstić information content (AvgIpc) is 0.845. The van der Waals surface area contributed by atoms with Gasteiger partial charge < -0.3 is 31.4 Å². The molecule has 12 aromatic rings. The van der Waals surface area contributed by atoms with Crippen molar-refractivity contribution in [2.24, 2.45) is 5.73 Å². The number of para-hydroxylation sites is 4. The van der Waals surface area contributed by atoms with Crippen molar-refractivity contribution in [3.8, 4) is 11.4 Å². The predicted molar refractivity (Wildman–Crippen MR) is 382 cm³/mol. The van der Waals surface area contributed by atoms with Crippen LogP contribution in [0.5, 0.6) is 0 Å². The van der Waals surface area contributed by atoms with Gasteiger partial charge in [-0.1, -0.05) is 118 Å². The Kier molecular flexibility index (Phi) is 24.3. The van der Waals surface area contributed by atoms with Gasteiger partial charge in [-0.3, -0.25) is 53.3 Å². The van der Waals surface area contributed by atoms with E-state index in [0.29, 0.717) is 74.5 Å². The minimum atomic E-state index is -1.23. The van der Waals surface area contributed by atoms with Crippen molar-refractivity contribution in [3.05, 3.63) is 294 Å². The molecule has 8 aromatic carbocycles. The van der Waals surface area contributed by atoms with Gasteiger partial charge in [0.25, 0.3) is 40.2 Å². The number of halogens is 4. The number of ether oxygens (including phenoxy) is 1. The number of nitrogens with one attached hydrogen (secondary N) is 4. The maximum absolute atomic E-state index is 14.5. The number of alkyl carbamates (subject to hydrolysis) is 1. The molecule has 4 aromatic heterocycles. The van der Waals surface area contributed by atoms with E-state index in [0.717, 1.165) is 30.3 Å². The van der Waals surface area contributed by atoms with E-state index < -0.39 is 108 Å². The lowest BCUT2D eigenvalue weighted by molar-refractivity contribution is -0.385. The Morgan fingerprint density at radius 3 is 1.59 bits per heavy atom. The first-order valence-electron chi connectivity index (χ1n) is 32.2. The van der Waals surface area contributed by atoms with Gasteiger partial charge in [0, 0.05) is 17.8 Å². The van der Waals surface area contributed by atoms with Crippen molar-refractivity contribution in [2.75, 3.05) is 15.5 Å². The van der Waals surface area contributed by atoms with E-state index in [1.807, 2.05) is 50.2 Å². The molecule has 4 amide bonds. The Hall–Kier alpha value is -13.3. The van der Waals surface area contributed by atoms with Crippen LogP contribution in [0, 0.1) is 43.5 Å². The number of nitro benzene ring substituents is 2. The summed E-state index contributed by atoms with van der Waals surface area (Å²) in [5.41, 5.74) is 5.17. The first-order chi connectivity index (χ1) is 49.8. The van der Waals surface area contributed by atoms with Crippen LogP contribution in [-0.2, 0) is 9.53 Å². The third kappa shape index (κ3) is 17.5. The first kappa shape index (κ1) is 75.0. The lowest BCUT2D eigenvalue weighted by Crippen LogP contribution is -2.51. The molecule has 0 unspecified atom stereocenters. The maximum Gasteiger partial charge on any atom is 0.408 e. The zero-order valence-electron chi connectivity index (χ0n) is 56.5. The van der Waals surface area contributed by atoms with E-state index in [4.69, 9.17) is 15.5 Å². The van der Waals surface area contributed by atoms with Crippen LogP contribution in [0.3, 0.4) is 0 Å². The van der Waals surface area contributed by atoms with Crippen LogP contribution in [-0.4, -0.2) is 84.3 Å². The number of carbonyl (C=O) groups is 4. The van der Waals surface area contributed by atoms with Crippen LogP contribution in [0.2, 0.25) is 0 Å². The molecule has 0 fully saturated rings. The molecule has 0 aliphatic heterocycles. The van der Waals surface area contributed by atoms with Gasteiger partial charge in [-0.05, 0) is 125 Å². The number of rotatable bonds is 17. The van der Waals surface area contributed by atoms with Gasteiger partial charge in [-0.25, -0.2) is 52.2 Å². The van der Waals surface area contributed by atoms with Crippen molar-refractivity contribution in [3.63, 3.8) is 0 Å². The third-order valence-electron chi connectivity index (χ3n) is 15.5. The molecule has 26 nitrogen and oxygen atoms in total. The lowest BCUT2D eigenvalue weighted by Gasteiger charge is -2.27. The van der Waals surface area contributed by atoms with Crippen LogP contribution in [0.25, 0.3) is 44.3 Å². The number of imidazole rings is 1. The van der Waals surface area contributed by atoms with E-state index in [-0.39, 0.29) is 28.9 Å². The van der Waals surface area contributed by atoms with Gasteiger partial charge in [0.05, 0.1) is 56.4 Å². The molecule has 4 heterocycles. The molecular formula is C74H67F4N15O11. The Balaban J connectivity index is 0.000000164. The van der Waals surface area contributed by atoms with E-state index in [1.54, 1.807) is 125 Å². The van der Waals surface area contributed by atoms with Gasteiger partial charge in [0.1, 0.15) is 69.2 Å². The Labute approximate surface area is 589 Å². The largest absolute Gasteiger partial charge is 0.444 e. The van der Waals surface area contributed by atoms with Crippen LogP contribution in [0.1, 0.15) is 105 Å². The molecule has 0 aliphatic rings. The number of benzene rings is 8. The fourth-order valence-corrected chi connectivity index (χ4v) is 10.6. The fraction of sp³-hybridized carbons (Fsp3) is 0.176. The summed E-state index contributed by atoms with van der Waals surface area (Å²) >= 11 is 0. The Morgan fingerprint density at radius 1 is 0.596 bits per heavy atom. The molecule has 3 atom stereocenters. The number of aromatic amines is 1. The number of fused-ring (bicyclic) bond motifs is 3. The summed E-state index contributed by atoms with van der Waals surface area (Å²) in [6.45, 7) is 10.4. The first-order valence-corrected chi connectivity index (χ1v) is 32.2. The zero-order valence-corrected chi connectivity index (χ0v) is 56.5. The summed E-state index contributed by atoms with van der Waals surface area (Å²) in [5, 5.41) is 30.3. The molecule has 0 aliphatic carbocycles. The zero-order chi connectivity index (χ0) is 74.9. The molecule has 532 valence electrons. The highest BCUT2D eigenvalue weighted by molar-refractivity contribution is 6.24. The second-order valence-electron chi connectivity index (χ2n) is 23.6. The summed E-state index contributed by atoms with van der Waals surface area (Å²) in [6, 6.07) is 47.2. The van der Waals surface area contributed by atoms with Gasteiger partial charge in [-0.15, -0.1) is 0 Å². The second kappa shape index (κ2) is 33.7. The Bertz CT molecular complexity index is 5250. The Morgan fingerprint density at radius 2 is 1.08 bits per heavy atom. The molecule has 30 heteroatoms. The smallest absolute Gasteiger partial charge is 0.408 e. The minimum Gasteiger partial charge on any atom is -0.444 e. The number of imide groups is 1. The molecule has 0 bridgehead atoms. The SMILES string of the molecule is CC[C@H](N)c1nc2cccc(F)c2c(=O)n1-c1ccccc1.CC[C@H](NC(=O)OC(C)(C)C)C(=O)N(C(=O)c1c(F)cccc1[N+](=O)[O-])c1ccccc1.CC[C@H](Nc1ncnc2nc[nH]c12)c1nc2cccc(F)c2c(=O)n1-c1ccccc1.O=C(Nc1ccccc1)c1c(F)cccc1[N+](=O)[O-]. The summed E-state index contributed by atoms with van der Waals surface area (Å²) in [4.78, 5) is 123. The van der Waals surface area contributed by atoms with E-state index in [1.165, 1.54) is 51.9 Å². The van der Waals surface area contributed by atoms with Gasteiger partial charge in [-0.2, -0.15) is 0 Å². The number of carbonyl (C=O) groups excluding carboxylic acids is 4. The number of nitro groups is 2. The molecule has 104 heavy (non-hydrogen) atoms. The van der Waals surface area contributed by atoms with Crippen LogP contribution >= 0.6 is 0 Å². The van der Waals surface area contributed by atoms with Crippen LogP contribution in [0.4, 0.5) is 50.9 Å². The highest BCUT2D eigenvalue weighted by atomic mass is 19.1. The molecule has 0 saturated heterocycles. The number of nitrogens with zero attached hydrogens (tertiary/aromatic N) is 10. The lowest BCUT2D eigenvalue weighted by atomic mass is 10.1. The van der Waals surface area contributed by atoms with E-state index in [9.17, 15) is 66.6 Å². The van der Waals surface area contributed by atoms with Crippen molar-refractivity contribution in [1.82, 2.24) is 44.4 Å². The number of hydrogen-bond acceptors (Lipinski definition) is 18.